The van der Waals surface area contributed by atoms with E-state index in [1.54, 1.807) is 12.3 Å². The van der Waals surface area contributed by atoms with Crippen molar-refractivity contribution in [3.63, 3.8) is 0 Å². The van der Waals surface area contributed by atoms with Crippen molar-refractivity contribution in [3.8, 4) is 22.6 Å². The fraction of sp³-hybridized carbons (Fsp3) is 0.0488. The maximum atomic E-state index is 11.8. The van der Waals surface area contributed by atoms with E-state index in [4.69, 9.17) is 4.99 Å². The largest absolute Gasteiger partial charge is 0.507 e. The molecule has 3 nitrogen and oxygen atoms in total. The molecule has 1 atom stereocenters. The summed E-state index contributed by atoms with van der Waals surface area (Å²) in [5.74, 6) is 0.223. The van der Waals surface area contributed by atoms with Gasteiger partial charge in [-0.2, -0.15) is 0 Å². The van der Waals surface area contributed by atoms with E-state index in [0.717, 1.165) is 27.1 Å². The first-order valence-electron chi connectivity index (χ1n) is 15.1. The molecule has 7 aromatic rings. The Balaban J connectivity index is 1.34. The summed E-state index contributed by atoms with van der Waals surface area (Å²) in [6.45, 7) is 2.11. The Labute approximate surface area is 264 Å². The molecule has 0 saturated carbocycles. The first-order chi connectivity index (χ1) is 22.1. The smallest absolute Gasteiger partial charge is 0.132 e. The summed E-state index contributed by atoms with van der Waals surface area (Å²) >= 11 is 0. The van der Waals surface area contributed by atoms with Crippen LogP contribution in [0.1, 0.15) is 24.1 Å². The van der Waals surface area contributed by atoms with E-state index in [-0.39, 0.29) is 17.5 Å². The van der Waals surface area contributed by atoms with Gasteiger partial charge in [-0.25, -0.2) is 0 Å². The second kappa shape index (κ2) is 12.4. The average molecular weight is 602 g/mol. The molecule has 0 aliphatic heterocycles. The molecule has 0 spiro atoms. The monoisotopic (exact) mass is 601 g/mol. The molecule has 0 aromatic heterocycles. The van der Waals surface area contributed by atoms with Gasteiger partial charge in [-0.05, 0) is 70.0 Å². The molecule has 45 heavy (non-hydrogen) atoms. The van der Waals surface area contributed by atoms with Crippen LogP contribution in [0.15, 0.2) is 157 Å². The van der Waals surface area contributed by atoms with Gasteiger partial charge in [-0.15, -0.1) is 0 Å². The Morgan fingerprint density at radius 3 is 1.82 bits per heavy atom. The van der Waals surface area contributed by atoms with Crippen LogP contribution in [-0.4, -0.2) is 16.4 Å². The predicted octanol–water partition coefficient (Wildman–Crippen LogP) is 9.01. The molecule has 0 bridgehead atoms. The Kier molecular flexibility index (Phi) is 7.86. The van der Waals surface area contributed by atoms with Crippen LogP contribution in [0.5, 0.6) is 11.5 Å². The number of phenolic OH excluding ortho intramolecular Hbond substituents is 2. The lowest BCUT2D eigenvalue weighted by Crippen LogP contribution is -2.23. The first kappa shape index (κ1) is 28.5. The van der Waals surface area contributed by atoms with Crippen LogP contribution >= 0.6 is 7.92 Å². The highest BCUT2D eigenvalue weighted by atomic mass is 31.1. The summed E-state index contributed by atoms with van der Waals surface area (Å²) in [7, 11) is -0.801. The summed E-state index contributed by atoms with van der Waals surface area (Å²) in [4.78, 5) is 5.05. The summed E-state index contributed by atoms with van der Waals surface area (Å²) < 4.78 is 0. The zero-order valence-electron chi connectivity index (χ0n) is 24.9. The van der Waals surface area contributed by atoms with E-state index in [2.05, 4.69) is 91.9 Å². The molecule has 2 N–H and O–H groups in total. The molecule has 218 valence electrons. The second-order valence-corrected chi connectivity index (χ2v) is 13.3. The van der Waals surface area contributed by atoms with Gasteiger partial charge in [0.15, 0.2) is 0 Å². The van der Waals surface area contributed by atoms with Crippen LogP contribution in [0.4, 0.5) is 0 Å². The molecule has 0 unspecified atom stereocenters. The zero-order chi connectivity index (χ0) is 30.8. The Hall–Kier alpha value is -5.24. The minimum absolute atomic E-state index is 0.0976. The van der Waals surface area contributed by atoms with Gasteiger partial charge in [0.1, 0.15) is 11.5 Å². The molecule has 0 radical (unpaired) electrons. The van der Waals surface area contributed by atoms with Crippen LogP contribution in [0, 0.1) is 0 Å². The minimum Gasteiger partial charge on any atom is -0.507 e. The van der Waals surface area contributed by atoms with E-state index in [1.807, 2.05) is 60.7 Å². The molecular weight excluding hydrogens is 569 g/mol. The normalized spacial score (nSPS) is 12.3. The predicted molar refractivity (Wildman–Crippen MR) is 191 cm³/mol. The number of rotatable bonds is 7. The summed E-state index contributed by atoms with van der Waals surface area (Å²) in [5.41, 5.74) is 2.98. The fourth-order valence-electron chi connectivity index (χ4n) is 6.13. The number of aromatic hydroxyl groups is 2. The highest BCUT2D eigenvalue weighted by Crippen LogP contribution is 2.46. The van der Waals surface area contributed by atoms with E-state index in [1.165, 1.54) is 15.9 Å². The third-order valence-corrected chi connectivity index (χ3v) is 10.8. The van der Waals surface area contributed by atoms with Crippen molar-refractivity contribution >= 4 is 51.6 Å². The average Bonchev–Trinajstić information content (AvgIpc) is 3.09. The molecule has 0 amide bonds. The maximum absolute atomic E-state index is 11.8. The van der Waals surface area contributed by atoms with Crippen molar-refractivity contribution in [2.24, 2.45) is 4.99 Å². The third-order valence-electron chi connectivity index (χ3n) is 8.30. The number of hydrogen-bond acceptors (Lipinski definition) is 3. The summed E-state index contributed by atoms with van der Waals surface area (Å²) in [6, 6.07) is 51.2. The van der Waals surface area contributed by atoms with Crippen molar-refractivity contribution in [1.29, 1.82) is 0 Å². The molecule has 4 heteroatoms. The van der Waals surface area contributed by atoms with Gasteiger partial charge in [-0.3, -0.25) is 4.99 Å². The third kappa shape index (κ3) is 5.48. The number of nitrogens with zero attached hydrogens (tertiary/aromatic N) is 1. The van der Waals surface area contributed by atoms with Crippen molar-refractivity contribution in [3.05, 3.63) is 163 Å². The SMILES string of the molecule is C[C@H](N=Cc1cc2ccccc2c(-c2c(O)ccc3ccccc23)c1O)c1ccccc1P(c1ccccc1)c1ccccc1. The molecule has 0 fully saturated rings. The number of hydrogen-bond donors (Lipinski definition) is 2. The van der Waals surface area contributed by atoms with Crippen molar-refractivity contribution in [1.82, 2.24) is 0 Å². The van der Waals surface area contributed by atoms with Gasteiger partial charge in [-0.1, -0.05) is 140 Å². The minimum atomic E-state index is -0.801. The van der Waals surface area contributed by atoms with Crippen LogP contribution in [0.2, 0.25) is 0 Å². The Bertz CT molecular complexity index is 2120. The fourth-order valence-corrected chi connectivity index (χ4v) is 8.68. The Morgan fingerprint density at radius 2 is 1.13 bits per heavy atom. The van der Waals surface area contributed by atoms with Crippen LogP contribution in [0.3, 0.4) is 0 Å². The molecule has 0 aliphatic rings. The van der Waals surface area contributed by atoms with E-state index in [9.17, 15) is 10.2 Å². The standard InChI is InChI=1S/C41H32NO2P/c1-28(34-20-12-13-23-38(34)45(32-16-4-2-5-17-32)33-18-6-3-7-19-33)42-27-31-26-30-15-9-11-22-36(30)40(41(31)44)39-35-21-10-8-14-29(35)24-25-37(39)43/h2-28,43-44H,1H3/t28-/m0/s1. The van der Waals surface area contributed by atoms with Gasteiger partial charge in [0.25, 0.3) is 0 Å². The molecule has 0 aliphatic carbocycles. The Morgan fingerprint density at radius 1 is 0.578 bits per heavy atom. The van der Waals surface area contributed by atoms with E-state index < -0.39 is 7.92 Å². The van der Waals surface area contributed by atoms with Crippen LogP contribution in [0.25, 0.3) is 32.7 Å². The van der Waals surface area contributed by atoms with E-state index >= 15 is 0 Å². The van der Waals surface area contributed by atoms with Gasteiger partial charge in [0.05, 0.1) is 6.04 Å². The van der Waals surface area contributed by atoms with Crippen molar-refractivity contribution in [2.75, 3.05) is 0 Å². The summed E-state index contributed by atoms with van der Waals surface area (Å²) in [5, 5.41) is 30.5. The van der Waals surface area contributed by atoms with Gasteiger partial charge in [0, 0.05) is 22.9 Å². The highest BCUT2D eigenvalue weighted by molar-refractivity contribution is 7.79. The lowest BCUT2D eigenvalue weighted by atomic mass is 9.90. The lowest BCUT2D eigenvalue weighted by molar-refractivity contribution is 0.470. The number of fused-ring (bicyclic) bond motifs is 2. The van der Waals surface area contributed by atoms with Gasteiger partial charge < -0.3 is 10.2 Å². The zero-order valence-corrected chi connectivity index (χ0v) is 25.8. The highest BCUT2D eigenvalue weighted by Gasteiger charge is 2.22. The van der Waals surface area contributed by atoms with E-state index in [0.29, 0.717) is 16.7 Å². The maximum Gasteiger partial charge on any atom is 0.132 e. The van der Waals surface area contributed by atoms with Crippen LogP contribution < -0.4 is 15.9 Å². The van der Waals surface area contributed by atoms with Gasteiger partial charge in [0.2, 0.25) is 0 Å². The molecule has 0 heterocycles. The number of aliphatic imine (C=N–C) groups is 1. The van der Waals surface area contributed by atoms with Gasteiger partial charge >= 0.3 is 0 Å². The topological polar surface area (TPSA) is 52.8 Å². The number of benzene rings is 7. The molecule has 7 rings (SSSR count). The second-order valence-electron chi connectivity index (χ2n) is 11.1. The molecule has 0 saturated heterocycles. The molecular formula is C41H32NO2P. The van der Waals surface area contributed by atoms with Crippen molar-refractivity contribution in [2.45, 2.75) is 13.0 Å². The number of phenols is 2. The van der Waals surface area contributed by atoms with Crippen LogP contribution in [-0.2, 0) is 0 Å². The van der Waals surface area contributed by atoms with Crippen molar-refractivity contribution < 1.29 is 10.2 Å². The first-order valence-corrected chi connectivity index (χ1v) is 16.4. The molecule has 7 aromatic carbocycles. The summed E-state index contributed by atoms with van der Waals surface area (Å²) in [6.07, 6.45) is 1.78. The lowest BCUT2D eigenvalue weighted by Gasteiger charge is -2.23. The quantitative estimate of drug-likeness (QED) is 0.142.